The minimum Gasteiger partial charge on any atom is -0.497 e. The van der Waals surface area contributed by atoms with E-state index in [1.54, 1.807) is 14.2 Å². The molecule has 0 aliphatic carbocycles. The molecular weight excluding hydrogens is 234 g/mol. The summed E-state index contributed by atoms with van der Waals surface area (Å²) in [5.41, 5.74) is 1.15. The average molecular weight is 255 g/mol. The smallest absolute Gasteiger partial charge is 0.123 e. The summed E-state index contributed by atoms with van der Waals surface area (Å²) in [6, 6.07) is 6.19. The van der Waals surface area contributed by atoms with Crippen LogP contribution in [0.15, 0.2) is 18.2 Å². The summed E-state index contributed by atoms with van der Waals surface area (Å²) in [6.07, 6.45) is 0. The molecule has 0 aromatic heterocycles. The molecule has 0 radical (unpaired) electrons. The molecule has 0 saturated carbocycles. The van der Waals surface area contributed by atoms with Gasteiger partial charge in [-0.05, 0) is 31.0 Å². The molecule has 96 valence electrons. The summed E-state index contributed by atoms with van der Waals surface area (Å²) in [4.78, 5) is 0. The van der Waals surface area contributed by atoms with Gasteiger partial charge in [0.1, 0.15) is 11.5 Å². The summed E-state index contributed by atoms with van der Waals surface area (Å²) in [5.74, 6) is 3.91. The molecule has 0 fully saturated rings. The largest absolute Gasteiger partial charge is 0.497 e. The molecule has 1 aromatic rings. The van der Waals surface area contributed by atoms with Crippen molar-refractivity contribution >= 4 is 11.8 Å². The van der Waals surface area contributed by atoms with Crippen molar-refractivity contribution in [2.45, 2.75) is 13.0 Å². The molecule has 0 aliphatic heterocycles. The molecule has 0 amide bonds. The van der Waals surface area contributed by atoms with Crippen LogP contribution in [0.3, 0.4) is 0 Å². The fraction of sp³-hybridized carbons (Fsp3) is 0.538. The predicted molar refractivity (Wildman–Crippen MR) is 74.3 cm³/mol. The van der Waals surface area contributed by atoms with E-state index < -0.39 is 0 Å². The lowest BCUT2D eigenvalue weighted by Gasteiger charge is -2.19. The number of methoxy groups -OCH3 is 2. The highest BCUT2D eigenvalue weighted by atomic mass is 32.2. The van der Waals surface area contributed by atoms with E-state index in [1.807, 2.05) is 37.0 Å². The van der Waals surface area contributed by atoms with Gasteiger partial charge in [0.15, 0.2) is 0 Å². The van der Waals surface area contributed by atoms with E-state index in [1.165, 1.54) is 0 Å². The lowest BCUT2D eigenvalue weighted by Crippen LogP contribution is -2.19. The SMILES string of the molecule is CCSCC(NC)c1cc(OC)ccc1OC. The van der Waals surface area contributed by atoms with Gasteiger partial charge in [-0.2, -0.15) is 11.8 Å². The molecule has 3 nitrogen and oxygen atoms in total. The maximum atomic E-state index is 5.40. The zero-order chi connectivity index (χ0) is 12.7. The highest BCUT2D eigenvalue weighted by Gasteiger charge is 2.15. The van der Waals surface area contributed by atoms with Crippen LogP contribution in [0.4, 0.5) is 0 Å². The van der Waals surface area contributed by atoms with Crippen molar-refractivity contribution in [3.05, 3.63) is 23.8 Å². The van der Waals surface area contributed by atoms with Crippen molar-refractivity contribution in [3.8, 4) is 11.5 Å². The van der Waals surface area contributed by atoms with Crippen molar-refractivity contribution in [1.82, 2.24) is 5.32 Å². The first-order valence-electron chi connectivity index (χ1n) is 5.73. The lowest BCUT2D eigenvalue weighted by molar-refractivity contribution is 0.394. The molecule has 0 spiro atoms. The van der Waals surface area contributed by atoms with Crippen LogP contribution in [0.1, 0.15) is 18.5 Å². The Labute approximate surface area is 108 Å². The van der Waals surface area contributed by atoms with Gasteiger partial charge in [0, 0.05) is 17.4 Å². The molecular formula is C13H21NO2S. The van der Waals surface area contributed by atoms with E-state index in [2.05, 4.69) is 12.2 Å². The second kappa shape index (κ2) is 7.45. The van der Waals surface area contributed by atoms with Gasteiger partial charge < -0.3 is 14.8 Å². The number of benzene rings is 1. The van der Waals surface area contributed by atoms with Gasteiger partial charge in [0.25, 0.3) is 0 Å². The third-order valence-electron chi connectivity index (χ3n) is 2.65. The van der Waals surface area contributed by atoms with Crippen molar-refractivity contribution < 1.29 is 9.47 Å². The van der Waals surface area contributed by atoms with Crippen molar-refractivity contribution in [2.24, 2.45) is 0 Å². The molecule has 17 heavy (non-hydrogen) atoms. The Morgan fingerprint density at radius 2 is 2.06 bits per heavy atom. The van der Waals surface area contributed by atoms with E-state index >= 15 is 0 Å². The maximum absolute atomic E-state index is 5.40. The van der Waals surface area contributed by atoms with E-state index in [9.17, 15) is 0 Å². The zero-order valence-electron chi connectivity index (χ0n) is 10.9. The van der Waals surface area contributed by atoms with Crippen molar-refractivity contribution in [2.75, 3.05) is 32.8 Å². The first-order valence-corrected chi connectivity index (χ1v) is 6.89. The topological polar surface area (TPSA) is 30.5 Å². The molecule has 1 N–H and O–H groups in total. The molecule has 0 heterocycles. The van der Waals surface area contributed by atoms with Crippen LogP contribution in [0.5, 0.6) is 11.5 Å². The van der Waals surface area contributed by atoms with E-state index in [0.717, 1.165) is 28.6 Å². The van der Waals surface area contributed by atoms with E-state index in [4.69, 9.17) is 9.47 Å². The minimum atomic E-state index is 0.282. The molecule has 0 saturated heterocycles. The first kappa shape index (κ1) is 14.2. The Morgan fingerprint density at radius 1 is 1.29 bits per heavy atom. The second-order valence-corrected chi connectivity index (χ2v) is 4.93. The summed E-state index contributed by atoms with van der Waals surface area (Å²) >= 11 is 1.91. The number of thioether (sulfide) groups is 1. The maximum Gasteiger partial charge on any atom is 0.123 e. The lowest BCUT2D eigenvalue weighted by atomic mass is 10.1. The van der Waals surface area contributed by atoms with Crippen LogP contribution in [0.2, 0.25) is 0 Å². The van der Waals surface area contributed by atoms with Crippen molar-refractivity contribution in [3.63, 3.8) is 0 Å². The van der Waals surface area contributed by atoms with Crippen LogP contribution in [-0.2, 0) is 0 Å². The Balaban J connectivity index is 2.97. The molecule has 1 unspecified atom stereocenters. The molecule has 1 rings (SSSR count). The molecule has 1 aromatic carbocycles. The van der Waals surface area contributed by atoms with Gasteiger partial charge in [0.2, 0.25) is 0 Å². The molecule has 4 heteroatoms. The molecule has 1 atom stereocenters. The quantitative estimate of drug-likeness (QED) is 0.811. The molecule has 0 aliphatic rings. The van der Waals surface area contributed by atoms with Crippen LogP contribution >= 0.6 is 11.8 Å². The van der Waals surface area contributed by atoms with Gasteiger partial charge in [-0.1, -0.05) is 6.92 Å². The van der Waals surface area contributed by atoms with E-state index in [-0.39, 0.29) is 6.04 Å². The van der Waals surface area contributed by atoms with Gasteiger partial charge in [-0.3, -0.25) is 0 Å². The number of rotatable bonds is 7. The third kappa shape index (κ3) is 3.82. The van der Waals surface area contributed by atoms with E-state index in [0.29, 0.717) is 0 Å². The van der Waals surface area contributed by atoms with Crippen LogP contribution in [0, 0.1) is 0 Å². The Morgan fingerprint density at radius 3 is 2.59 bits per heavy atom. The van der Waals surface area contributed by atoms with Gasteiger partial charge in [-0.15, -0.1) is 0 Å². The fourth-order valence-electron chi connectivity index (χ4n) is 1.68. The van der Waals surface area contributed by atoms with Crippen LogP contribution < -0.4 is 14.8 Å². The predicted octanol–water partition coefficient (Wildman–Crippen LogP) is 2.72. The van der Waals surface area contributed by atoms with Gasteiger partial charge >= 0.3 is 0 Å². The van der Waals surface area contributed by atoms with Crippen LogP contribution in [0.25, 0.3) is 0 Å². The number of ether oxygens (including phenoxy) is 2. The average Bonchev–Trinajstić information content (AvgIpc) is 2.39. The van der Waals surface area contributed by atoms with Crippen LogP contribution in [-0.4, -0.2) is 32.8 Å². The summed E-state index contributed by atoms with van der Waals surface area (Å²) in [6.45, 7) is 2.17. The standard InChI is InChI=1S/C13H21NO2S/c1-5-17-9-12(14-2)11-8-10(15-3)6-7-13(11)16-4/h6-8,12,14H,5,9H2,1-4H3. The highest BCUT2D eigenvalue weighted by molar-refractivity contribution is 7.99. The minimum absolute atomic E-state index is 0.282. The first-order chi connectivity index (χ1) is 8.26. The Kier molecular flexibility index (Phi) is 6.22. The van der Waals surface area contributed by atoms with Crippen molar-refractivity contribution in [1.29, 1.82) is 0 Å². The summed E-state index contributed by atoms with van der Waals surface area (Å²) < 4.78 is 10.7. The zero-order valence-corrected chi connectivity index (χ0v) is 11.8. The second-order valence-electron chi connectivity index (χ2n) is 3.61. The highest BCUT2D eigenvalue weighted by Crippen LogP contribution is 2.30. The number of hydrogen-bond acceptors (Lipinski definition) is 4. The fourth-order valence-corrected chi connectivity index (χ4v) is 2.49. The monoisotopic (exact) mass is 255 g/mol. The summed E-state index contributed by atoms with van der Waals surface area (Å²) in [5, 5.41) is 3.32. The third-order valence-corrected chi connectivity index (χ3v) is 3.63. The summed E-state index contributed by atoms with van der Waals surface area (Å²) in [7, 11) is 5.35. The normalized spacial score (nSPS) is 12.2. The Bertz CT molecular complexity index is 344. The number of hydrogen-bond donors (Lipinski definition) is 1. The number of nitrogens with one attached hydrogen (secondary N) is 1. The van der Waals surface area contributed by atoms with Gasteiger partial charge in [-0.25, -0.2) is 0 Å². The van der Waals surface area contributed by atoms with Gasteiger partial charge in [0.05, 0.1) is 14.2 Å². The Hall–Kier alpha value is -0.870. The molecule has 0 bridgehead atoms.